The molecule has 0 spiro atoms. The highest BCUT2D eigenvalue weighted by molar-refractivity contribution is 9.10. The Bertz CT molecular complexity index is 1070. The molecule has 0 saturated carbocycles. The van der Waals surface area contributed by atoms with Gasteiger partial charge < -0.3 is 23.5 Å². The second-order valence-electron chi connectivity index (χ2n) is 6.46. The second kappa shape index (κ2) is 10.3. The van der Waals surface area contributed by atoms with Crippen LogP contribution in [0.4, 0.5) is 0 Å². The first-order valence-corrected chi connectivity index (χ1v) is 10.5. The topological polar surface area (TPSA) is 84.7 Å². The van der Waals surface area contributed by atoms with Crippen LogP contribution in [0.3, 0.4) is 0 Å². The van der Waals surface area contributed by atoms with E-state index >= 15 is 0 Å². The molecule has 0 aliphatic carbocycles. The van der Waals surface area contributed by atoms with Crippen LogP contribution in [0.15, 0.2) is 41.3 Å². The molecule has 9 heteroatoms. The number of esters is 1. The molecule has 2 heterocycles. The lowest BCUT2D eigenvalue weighted by atomic mass is 10.1. The summed E-state index contributed by atoms with van der Waals surface area (Å²) in [4.78, 5) is 21.3. The van der Waals surface area contributed by atoms with Crippen LogP contribution in [0.1, 0.15) is 23.0 Å². The predicted octanol–water partition coefficient (Wildman–Crippen LogP) is 4.15. The summed E-state index contributed by atoms with van der Waals surface area (Å²) in [6.07, 6.45) is 2.24. The van der Waals surface area contributed by atoms with E-state index in [9.17, 15) is 4.79 Å². The van der Waals surface area contributed by atoms with E-state index in [2.05, 4.69) is 25.9 Å². The van der Waals surface area contributed by atoms with Crippen molar-refractivity contribution in [2.24, 2.45) is 0 Å². The first-order valence-electron chi connectivity index (χ1n) is 9.67. The minimum Gasteiger partial charge on any atom is -0.496 e. The molecular formula is C22H24BrN3O5. The Balaban J connectivity index is 2.00. The summed E-state index contributed by atoms with van der Waals surface area (Å²) < 4.78 is 23.9. The lowest BCUT2D eigenvalue weighted by molar-refractivity contribution is 0.0521. The molecular weight excluding hydrogens is 466 g/mol. The zero-order valence-corrected chi connectivity index (χ0v) is 19.4. The lowest BCUT2D eigenvalue weighted by Crippen LogP contribution is -2.10. The van der Waals surface area contributed by atoms with Crippen LogP contribution in [0.5, 0.6) is 17.4 Å². The second-order valence-corrected chi connectivity index (χ2v) is 7.21. The number of carbonyl (C=O) groups excluding carboxylic acids is 1. The van der Waals surface area contributed by atoms with Crippen LogP contribution in [0.25, 0.3) is 11.3 Å². The van der Waals surface area contributed by atoms with Gasteiger partial charge in [0.15, 0.2) is 11.4 Å². The molecule has 0 amide bonds. The number of carbonyl (C=O) groups is 1. The normalized spacial score (nSPS) is 10.6. The number of ether oxygens (including phenoxy) is 4. The van der Waals surface area contributed by atoms with Crippen molar-refractivity contribution < 1.29 is 23.7 Å². The minimum atomic E-state index is -0.476. The fraction of sp³-hybridized carbons (Fsp3) is 0.318. The highest BCUT2D eigenvalue weighted by Crippen LogP contribution is 2.34. The molecule has 8 nitrogen and oxygen atoms in total. The zero-order chi connectivity index (χ0) is 22.4. The third kappa shape index (κ3) is 4.82. The first-order chi connectivity index (χ1) is 15.0. The summed E-state index contributed by atoms with van der Waals surface area (Å²) in [7, 11) is 4.70. The van der Waals surface area contributed by atoms with E-state index in [0.29, 0.717) is 40.6 Å². The van der Waals surface area contributed by atoms with E-state index in [-0.39, 0.29) is 12.3 Å². The molecule has 0 atom stereocenters. The van der Waals surface area contributed by atoms with Gasteiger partial charge in [-0.15, -0.1) is 0 Å². The summed E-state index contributed by atoms with van der Waals surface area (Å²) in [5.41, 5.74) is 2.57. The zero-order valence-electron chi connectivity index (χ0n) is 17.8. The Morgan fingerprint density at radius 3 is 2.52 bits per heavy atom. The number of para-hydroxylation sites is 1. The number of hydrogen-bond acceptors (Lipinski definition) is 7. The van der Waals surface area contributed by atoms with Crippen molar-refractivity contribution in [3.63, 3.8) is 0 Å². The molecule has 3 rings (SSSR count). The highest BCUT2D eigenvalue weighted by Gasteiger charge is 2.23. The Morgan fingerprint density at radius 2 is 1.84 bits per heavy atom. The molecule has 0 saturated heterocycles. The number of imidazole rings is 1. The minimum absolute atomic E-state index is 0.246. The number of rotatable bonds is 9. The SMILES string of the molecule is CCOC(=O)c1ncn(CCc2cc(OC)c(OC)nc2Br)c1-c1ccccc1OC. The molecule has 0 bridgehead atoms. The molecule has 0 unspecified atom stereocenters. The average Bonchev–Trinajstić information content (AvgIpc) is 3.21. The van der Waals surface area contributed by atoms with Crippen molar-refractivity contribution in [1.29, 1.82) is 0 Å². The molecule has 0 N–H and O–H groups in total. The van der Waals surface area contributed by atoms with Gasteiger partial charge >= 0.3 is 5.97 Å². The number of nitrogens with zero attached hydrogens (tertiary/aromatic N) is 3. The Kier molecular flexibility index (Phi) is 7.51. The third-order valence-corrected chi connectivity index (χ3v) is 5.37. The largest absolute Gasteiger partial charge is 0.496 e. The quantitative estimate of drug-likeness (QED) is 0.329. The van der Waals surface area contributed by atoms with Gasteiger partial charge in [0.05, 0.1) is 40.0 Å². The molecule has 1 aromatic carbocycles. The number of pyridine rings is 1. The molecule has 0 aliphatic rings. The van der Waals surface area contributed by atoms with Gasteiger partial charge in [0.1, 0.15) is 10.4 Å². The number of aryl methyl sites for hydroxylation is 2. The van der Waals surface area contributed by atoms with Crippen molar-refractivity contribution in [2.45, 2.75) is 19.9 Å². The maximum atomic E-state index is 12.5. The van der Waals surface area contributed by atoms with Crippen LogP contribution < -0.4 is 14.2 Å². The highest BCUT2D eigenvalue weighted by atomic mass is 79.9. The monoisotopic (exact) mass is 489 g/mol. The lowest BCUT2D eigenvalue weighted by Gasteiger charge is -2.14. The van der Waals surface area contributed by atoms with E-state index < -0.39 is 5.97 Å². The van der Waals surface area contributed by atoms with Gasteiger partial charge in [-0.1, -0.05) is 12.1 Å². The standard InChI is InChI=1S/C22H24BrN3O5/c1-5-31-22(27)18-19(15-8-6-7-9-16(15)28-2)26(13-24-18)11-10-14-12-17(29-3)21(30-4)25-20(14)23/h6-9,12-13H,5,10-11H2,1-4H3. The van der Waals surface area contributed by atoms with Crippen LogP contribution >= 0.6 is 15.9 Å². The number of benzene rings is 1. The van der Waals surface area contributed by atoms with Crippen molar-refractivity contribution in [3.05, 3.63) is 52.5 Å². The summed E-state index contributed by atoms with van der Waals surface area (Å²) in [5, 5.41) is 0. The van der Waals surface area contributed by atoms with Crippen LogP contribution in [0.2, 0.25) is 0 Å². The maximum absolute atomic E-state index is 12.5. The number of hydrogen-bond donors (Lipinski definition) is 0. The Hall–Kier alpha value is -3.07. The van der Waals surface area contributed by atoms with Crippen molar-refractivity contribution in [1.82, 2.24) is 14.5 Å². The Morgan fingerprint density at radius 1 is 1.10 bits per heavy atom. The molecule has 3 aromatic rings. The summed E-state index contributed by atoms with van der Waals surface area (Å²) >= 11 is 3.49. The van der Waals surface area contributed by atoms with Gasteiger partial charge in [-0.3, -0.25) is 0 Å². The van der Waals surface area contributed by atoms with Crippen molar-refractivity contribution in [3.8, 4) is 28.6 Å². The molecule has 0 fully saturated rings. The molecule has 0 aliphatic heterocycles. The van der Waals surface area contributed by atoms with Crippen LogP contribution in [-0.4, -0.2) is 48.4 Å². The van der Waals surface area contributed by atoms with Crippen molar-refractivity contribution in [2.75, 3.05) is 27.9 Å². The predicted molar refractivity (Wildman–Crippen MR) is 119 cm³/mol. The summed E-state index contributed by atoms with van der Waals surface area (Å²) in [6.45, 7) is 2.57. The Labute approximate surface area is 189 Å². The first kappa shape index (κ1) is 22.6. The average molecular weight is 490 g/mol. The number of methoxy groups -OCH3 is 3. The molecule has 164 valence electrons. The van der Waals surface area contributed by atoms with E-state index in [4.69, 9.17) is 18.9 Å². The van der Waals surface area contributed by atoms with Gasteiger partial charge in [0.2, 0.25) is 0 Å². The number of aromatic nitrogens is 3. The van der Waals surface area contributed by atoms with Gasteiger partial charge in [-0.25, -0.2) is 14.8 Å². The fourth-order valence-corrected chi connectivity index (χ4v) is 3.70. The molecule has 0 radical (unpaired) electrons. The van der Waals surface area contributed by atoms with Crippen LogP contribution in [0, 0.1) is 0 Å². The summed E-state index contributed by atoms with van der Waals surface area (Å²) in [5.74, 6) is 1.11. The number of halogens is 1. The van der Waals surface area contributed by atoms with E-state index in [0.717, 1.165) is 11.1 Å². The van der Waals surface area contributed by atoms with Gasteiger partial charge in [0.25, 0.3) is 5.88 Å². The molecule has 2 aromatic heterocycles. The van der Waals surface area contributed by atoms with Gasteiger partial charge in [-0.05, 0) is 53.0 Å². The van der Waals surface area contributed by atoms with Crippen molar-refractivity contribution >= 4 is 21.9 Å². The van der Waals surface area contributed by atoms with E-state index in [1.165, 1.54) is 0 Å². The van der Waals surface area contributed by atoms with E-state index in [1.54, 1.807) is 34.6 Å². The van der Waals surface area contributed by atoms with Crippen LogP contribution in [-0.2, 0) is 17.7 Å². The van der Waals surface area contributed by atoms with Gasteiger partial charge in [0, 0.05) is 12.1 Å². The molecule has 31 heavy (non-hydrogen) atoms. The fourth-order valence-electron chi connectivity index (χ4n) is 3.23. The van der Waals surface area contributed by atoms with Gasteiger partial charge in [-0.2, -0.15) is 0 Å². The summed E-state index contributed by atoms with van der Waals surface area (Å²) in [6, 6.07) is 9.37. The van der Waals surface area contributed by atoms with E-state index in [1.807, 2.05) is 34.9 Å². The smallest absolute Gasteiger partial charge is 0.359 e. The third-order valence-electron chi connectivity index (χ3n) is 4.68. The maximum Gasteiger partial charge on any atom is 0.359 e.